The first-order valence-corrected chi connectivity index (χ1v) is 11.3. The van der Waals surface area contributed by atoms with Gasteiger partial charge < -0.3 is 4.74 Å². The molecule has 0 radical (unpaired) electrons. The van der Waals surface area contributed by atoms with E-state index in [0.717, 1.165) is 38.5 Å². The fourth-order valence-corrected chi connectivity index (χ4v) is 5.63. The Morgan fingerprint density at radius 3 is 2.46 bits per heavy atom. The molecule has 0 aromatic rings. The predicted octanol–water partition coefficient (Wildman–Crippen LogP) is 2.12. The molecule has 7 heteroatoms. The number of piperidine rings is 1. The quantitative estimate of drug-likeness (QED) is 0.784. The van der Waals surface area contributed by atoms with Crippen LogP contribution in [0.5, 0.6) is 0 Å². The summed E-state index contributed by atoms with van der Waals surface area (Å²) in [4.78, 5) is 0. The minimum absolute atomic E-state index is 0.00706. The summed E-state index contributed by atoms with van der Waals surface area (Å²) in [6.07, 6.45) is 8.86. The van der Waals surface area contributed by atoms with Crippen LogP contribution >= 0.6 is 0 Å². The van der Waals surface area contributed by atoms with Gasteiger partial charge in [0.1, 0.15) is 9.84 Å². The van der Waals surface area contributed by atoms with E-state index in [1.165, 1.54) is 19.1 Å². The molecule has 2 N–H and O–H groups in total. The molecule has 3 rings (SSSR count). The molecule has 0 aromatic heterocycles. The van der Waals surface area contributed by atoms with Crippen molar-refractivity contribution in [2.75, 3.05) is 12.8 Å². The Labute approximate surface area is 145 Å². The largest absolute Gasteiger partial charge is 0.343 e. The standard InChI is InChI=1S/C17H31FN2O3S/c1-24(21,22)14-8-5-12(6-9-14)15-3-2-4-17(20-15)19-11-13-7-10-16(18)23-13/h12-17,19-20H,2-11H2,1H3. The first kappa shape index (κ1) is 18.5. The van der Waals surface area contributed by atoms with Crippen LogP contribution in [0.25, 0.3) is 0 Å². The summed E-state index contributed by atoms with van der Waals surface area (Å²) in [6.45, 7) is 0.700. The third-order valence-corrected chi connectivity index (χ3v) is 7.65. The van der Waals surface area contributed by atoms with Crippen LogP contribution in [0, 0.1) is 5.92 Å². The lowest BCUT2D eigenvalue weighted by Crippen LogP contribution is -2.54. The smallest absolute Gasteiger partial charge is 0.199 e. The van der Waals surface area contributed by atoms with Gasteiger partial charge in [-0.2, -0.15) is 0 Å². The van der Waals surface area contributed by atoms with Gasteiger partial charge in [0.15, 0.2) is 6.36 Å². The van der Waals surface area contributed by atoms with Crippen LogP contribution in [0.15, 0.2) is 0 Å². The third kappa shape index (κ3) is 4.90. The van der Waals surface area contributed by atoms with E-state index in [-0.39, 0.29) is 17.5 Å². The van der Waals surface area contributed by atoms with Gasteiger partial charge in [0.05, 0.1) is 17.5 Å². The number of rotatable bonds is 5. The average Bonchev–Trinajstić information content (AvgIpc) is 2.98. The Morgan fingerprint density at radius 1 is 1.08 bits per heavy atom. The zero-order chi connectivity index (χ0) is 17.2. The fourth-order valence-electron chi connectivity index (χ4n) is 4.50. The highest BCUT2D eigenvalue weighted by Crippen LogP contribution is 2.33. The minimum atomic E-state index is -2.89. The highest BCUT2D eigenvalue weighted by molar-refractivity contribution is 7.91. The van der Waals surface area contributed by atoms with Gasteiger partial charge in [0.2, 0.25) is 0 Å². The first-order valence-electron chi connectivity index (χ1n) is 9.39. The van der Waals surface area contributed by atoms with E-state index in [0.29, 0.717) is 24.9 Å². The maximum absolute atomic E-state index is 13.1. The molecule has 0 amide bonds. The van der Waals surface area contributed by atoms with Crippen LogP contribution in [-0.2, 0) is 14.6 Å². The summed E-state index contributed by atoms with van der Waals surface area (Å²) in [5.74, 6) is 0.575. The van der Waals surface area contributed by atoms with Gasteiger partial charge in [-0.1, -0.05) is 0 Å². The topological polar surface area (TPSA) is 67.4 Å². The SMILES string of the molecule is CS(=O)(=O)C1CCC(C2CCCC(NCC3CCC(F)O3)N2)CC1. The molecule has 3 aliphatic rings. The molecule has 0 aromatic carbocycles. The molecule has 2 heterocycles. The maximum atomic E-state index is 13.1. The minimum Gasteiger partial charge on any atom is -0.343 e. The van der Waals surface area contributed by atoms with Crippen LogP contribution in [0.4, 0.5) is 4.39 Å². The Kier molecular flexibility index (Phi) is 6.16. The van der Waals surface area contributed by atoms with E-state index in [2.05, 4.69) is 10.6 Å². The predicted molar refractivity (Wildman–Crippen MR) is 92.2 cm³/mol. The van der Waals surface area contributed by atoms with E-state index in [9.17, 15) is 12.8 Å². The molecule has 2 saturated heterocycles. The first-order chi connectivity index (χ1) is 11.4. The zero-order valence-electron chi connectivity index (χ0n) is 14.5. The highest BCUT2D eigenvalue weighted by atomic mass is 32.2. The van der Waals surface area contributed by atoms with E-state index in [4.69, 9.17) is 4.74 Å². The molecule has 140 valence electrons. The molecule has 24 heavy (non-hydrogen) atoms. The van der Waals surface area contributed by atoms with Crippen molar-refractivity contribution in [2.45, 2.75) is 87.7 Å². The molecule has 4 atom stereocenters. The second-order valence-corrected chi connectivity index (χ2v) is 10.1. The lowest BCUT2D eigenvalue weighted by Gasteiger charge is -2.39. The van der Waals surface area contributed by atoms with Gasteiger partial charge in [0, 0.05) is 25.3 Å². The molecular weight excluding hydrogens is 331 g/mol. The second kappa shape index (κ2) is 7.98. The summed E-state index contributed by atoms with van der Waals surface area (Å²) in [5, 5.41) is 7.05. The monoisotopic (exact) mass is 362 g/mol. The van der Waals surface area contributed by atoms with Crippen molar-refractivity contribution in [1.82, 2.24) is 10.6 Å². The van der Waals surface area contributed by atoms with E-state index >= 15 is 0 Å². The average molecular weight is 363 g/mol. The second-order valence-electron chi connectivity index (χ2n) is 7.78. The maximum Gasteiger partial charge on any atom is 0.199 e. The van der Waals surface area contributed by atoms with Gasteiger partial charge in [-0.25, -0.2) is 12.8 Å². The van der Waals surface area contributed by atoms with Crippen molar-refractivity contribution in [3.05, 3.63) is 0 Å². The molecule has 4 unspecified atom stereocenters. The molecule has 0 bridgehead atoms. The zero-order valence-corrected chi connectivity index (χ0v) is 15.4. The summed E-state index contributed by atoms with van der Waals surface area (Å²) in [6, 6.07) is 0.468. The number of sulfone groups is 1. The number of nitrogens with one attached hydrogen (secondary N) is 2. The van der Waals surface area contributed by atoms with E-state index in [1.54, 1.807) is 0 Å². The highest BCUT2D eigenvalue weighted by Gasteiger charge is 2.34. The molecule has 0 spiro atoms. The van der Waals surface area contributed by atoms with E-state index in [1.807, 2.05) is 0 Å². The Morgan fingerprint density at radius 2 is 1.83 bits per heavy atom. The van der Waals surface area contributed by atoms with Crippen molar-refractivity contribution in [1.29, 1.82) is 0 Å². The normalized spacial score (nSPS) is 41.4. The summed E-state index contributed by atoms with van der Waals surface area (Å²) in [7, 11) is -2.89. The van der Waals surface area contributed by atoms with E-state index < -0.39 is 16.2 Å². The molecule has 1 saturated carbocycles. The number of hydrogen-bond donors (Lipinski definition) is 2. The van der Waals surface area contributed by atoms with Crippen LogP contribution in [-0.4, -0.2) is 51.1 Å². The van der Waals surface area contributed by atoms with Crippen molar-refractivity contribution >= 4 is 9.84 Å². The Hall–Kier alpha value is -0.240. The Bertz CT molecular complexity index is 508. The molecular formula is C17H31FN2O3S. The molecule has 2 aliphatic heterocycles. The van der Waals surface area contributed by atoms with Crippen molar-refractivity contribution in [3.63, 3.8) is 0 Å². The molecule has 1 aliphatic carbocycles. The van der Waals surface area contributed by atoms with Gasteiger partial charge in [-0.05, 0) is 57.3 Å². The van der Waals surface area contributed by atoms with Crippen molar-refractivity contribution in [3.8, 4) is 0 Å². The van der Waals surface area contributed by atoms with Crippen LogP contribution < -0.4 is 10.6 Å². The van der Waals surface area contributed by atoms with Crippen LogP contribution in [0.1, 0.15) is 57.8 Å². The fraction of sp³-hybridized carbons (Fsp3) is 1.00. The number of hydrogen-bond acceptors (Lipinski definition) is 5. The Balaban J connectivity index is 1.42. The van der Waals surface area contributed by atoms with Crippen molar-refractivity contribution in [2.24, 2.45) is 5.92 Å². The van der Waals surface area contributed by atoms with Gasteiger partial charge in [-0.3, -0.25) is 10.6 Å². The third-order valence-electron chi connectivity index (χ3n) is 5.96. The number of alkyl halides is 1. The summed E-state index contributed by atoms with van der Waals surface area (Å²) >= 11 is 0. The molecule has 3 fully saturated rings. The van der Waals surface area contributed by atoms with Gasteiger partial charge in [0.25, 0.3) is 0 Å². The van der Waals surface area contributed by atoms with Crippen molar-refractivity contribution < 1.29 is 17.5 Å². The lowest BCUT2D eigenvalue weighted by molar-refractivity contribution is -0.0343. The van der Waals surface area contributed by atoms with Crippen LogP contribution in [0.2, 0.25) is 0 Å². The lowest BCUT2D eigenvalue weighted by atomic mass is 9.80. The van der Waals surface area contributed by atoms with Gasteiger partial charge in [-0.15, -0.1) is 0 Å². The number of ether oxygens (including phenoxy) is 1. The van der Waals surface area contributed by atoms with Gasteiger partial charge >= 0.3 is 0 Å². The summed E-state index contributed by atoms with van der Waals surface area (Å²) < 4.78 is 41.7. The van der Waals surface area contributed by atoms with Crippen LogP contribution in [0.3, 0.4) is 0 Å². The summed E-state index contributed by atoms with van der Waals surface area (Å²) in [5.41, 5.74) is 0. The number of halogens is 1. The molecule has 5 nitrogen and oxygen atoms in total.